The van der Waals surface area contributed by atoms with Crippen LogP contribution in [0.1, 0.15) is 73.6 Å². The molecule has 4 unspecified atom stereocenters. The monoisotopic (exact) mass is 563 g/mol. The summed E-state index contributed by atoms with van der Waals surface area (Å²) < 4.78 is 1.69. The van der Waals surface area contributed by atoms with Crippen molar-refractivity contribution in [2.45, 2.75) is 73.6 Å². The number of likely N-dealkylation sites (N-methyl/N-ethyl adjacent to an activating group) is 2. The van der Waals surface area contributed by atoms with Gasteiger partial charge in [0.25, 0.3) is 0 Å². The van der Waals surface area contributed by atoms with Crippen molar-refractivity contribution in [2.24, 2.45) is 23.7 Å². The first-order valence-corrected chi connectivity index (χ1v) is 15.3. The SMILES string of the molecule is C=C.CC.CC/C(=C\C=C1/C(C)CCC1C(=O)N(CC)CCN(C)CCC1=CC=CC(C#N)C1CC)n1cnnn1. The highest BCUT2D eigenvalue weighted by molar-refractivity contribution is 5.82. The molecule has 1 aromatic heterocycles. The van der Waals surface area contributed by atoms with Gasteiger partial charge in [-0.2, -0.15) is 5.26 Å². The highest BCUT2D eigenvalue weighted by atomic mass is 16.2. The number of amides is 1. The Morgan fingerprint density at radius 2 is 1.93 bits per heavy atom. The molecule has 41 heavy (non-hydrogen) atoms. The van der Waals surface area contributed by atoms with Crippen LogP contribution < -0.4 is 0 Å². The van der Waals surface area contributed by atoms with Crippen LogP contribution in [0.15, 0.2) is 61.0 Å². The number of nitriles is 1. The van der Waals surface area contributed by atoms with Crippen LogP contribution in [-0.2, 0) is 4.79 Å². The lowest BCUT2D eigenvalue weighted by atomic mass is 9.80. The van der Waals surface area contributed by atoms with Crippen molar-refractivity contribution in [3.05, 3.63) is 61.0 Å². The van der Waals surface area contributed by atoms with Gasteiger partial charge < -0.3 is 9.80 Å². The van der Waals surface area contributed by atoms with Crippen molar-refractivity contribution >= 4 is 11.6 Å². The fourth-order valence-electron chi connectivity index (χ4n) is 5.55. The first-order chi connectivity index (χ1) is 19.9. The maximum Gasteiger partial charge on any atom is 0.229 e. The number of aromatic nitrogens is 4. The summed E-state index contributed by atoms with van der Waals surface area (Å²) in [5.74, 6) is 0.866. The predicted octanol–water partition coefficient (Wildman–Crippen LogP) is 6.56. The highest BCUT2D eigenvalue weighted by Crippen LogP contribution is 2.38. The van der Waals surface area contributed by atoms with Gasteiger partial charge in [0.05, 0.1) is 17.9 Å². The summed E-state index contributed by atoms with van der Waals surface area (Å²) in [7, 11) is 2.12. The van der Waals surface area contributed by atoms with Crippen molar-refractivity contribution in [3.8, 4) is 6.07 Å². The molecule has 226 valence electrons. The van der Waals surface area contributed by atoms with Crippen LogP contribution in [-0.4, -0.2) is 69.1 Å². The minimum absolute atomic E-state index is 0.0179. The van der Waals surface area contributed by atoms with E-state index in [0.29, 0.717) is 18.4 Å². The molecule has 0 N–H and O–H groups in total. The average Bonchev–Trinajstić information content (AvgIpc) is 3.68. The minimum atomic E-state index is -0.0594. The Bertz CT molecular complexity index is 1060. The Morgan fingerprint density at radius 1 is 1.20 bits per heavy atom. The van der Waals surface area contributed by atoms with Crippen molar-refractivity contribution in [2.75, 3.05) is 33.2 Å². The van der Waals surface area contributed by atoms with E-state index in [2.05, 4.69) is 92.6 Å². The van der Waals surface area contributed by atoms with Crippen LogP contribution in [0.4, 0.5) is 0 Å². The molecule has 1 saturated carbocycles. The largest absolute Gasteiger partial charge is 0.341 e. The Morgan fingerprint density at radius 3 is 2.51 bits per heavy atom. The van der Waals surface area contributed by atoms with Gasteiger partial charge in [0.1, 0.15) is 6.33 Å². The van der Waals surface area contributed by atoms with E-state index >= 15 is 0 Å². The second-order valence-electron chi connectivity index (χ2n) is 10.2. The van der Waals surface area contributed by atoms with Crippen molar-refractivity contribution in [1.82, 2.24) is 30.0 Å². The molecule has 0 saturated heterocycles. The minimum Gasteiger partial charge on any atom is -0.341 e. The highest BCUT2D eigenvalue weighted by Gasteiger charge is 2.34. The van der Waals surface area contributed by atoms with E-state index in [1.807, 2.05) is 30.9 Å². The molecule has 0 bridgehead atoms. The number of rotatable bonds is 12. The van der Waals surface area contributed by atoms with E-state index in [1.54, 1.807) is 11.0 Å². The van der Waals surface area contributed by atoms with Crippen LogP contribution in [0.2, 0.25) is 0 Å². The zero-order valence-electron chi connectivity index (χ0n) is 26.6. The molecule has 8 nitrogen and oxygen atoms in total. The summed E-state index contributed by atoms with van der Waals surface area (Å²) in [6.07, 6.45) is 16.7. The van der Waals surface area contributed by atoms with E-state index in [4.69, 9.17) is 0 Å². The summed E-state index contributed by atoms with van der Waals surface area (Å²) in [5.41, 5.74) is 3.58. The molecule has 1 heterocycles. The summed E-state index contributed by atoms with van der Waals surface area (Å²) in [4.78, 5) is 17.9. The molecule has 2 aliphatic rings. The lowest BCUT2D eigenvalue weighted by Crippen LogP contribution is -2.41. The standard InChI is InChI=1S/C29H43N7O.C2H6.C2H4/c1-6-25(36-21-31-32-33-36)13-15-27-22(4)12-14-28(27)29(37)35(8-3)19-18-34(5)17-16-23-10-9-11-24(20-30)26(23)7-2;2*1-2/h9-11,13,15,21-22,24,26,28H,6-8,12,14,16-19H2,1-5H3;1-2H3;1-2H2/b25-13+,27-15+;;. The number of allylic oxidation sites excluding steroid dienone is 6. The topological polar surface area (TPSA) is 90.9 Å². The third kappa shape index (κ3) is 10.2. The van der Waals surface area contributed by atoms with Gasteiger partial charge in [-0.15, -0.1) is 18.3 Å². The maximum absolute atomic E-state index is 13.6. The van der Waals surface area contributed by atoms with Gasteiger partial charge in [-0.3, -0.25) is 4.79 Å². The Kier molecular flexibility index (Phi) is 17.2. The number of carbonyl (C=O) groups is 1. The van der Waals surface area contributed by atoms with Crippen LogP contribution in [0.5, 0.6) is 0 Å². The summed E-state index contributed by atoms with van der Waals surface area (Å²) in [5, 5.41) is 20.9. The number of hydrogen-bond donors (Lipinski definition) is 0. The van der Waals surface area contributed by atoms with Crippen LogP contribution >= 0.6 is 0 Å². The van der Waals surface area contributed by atoms with Gasteiger partial charge in [0.15, 0.2) is 0 Å². The molecule has 0 aromatic carbocycles. The van der Waals surface area contributed by atoms with Crippen molar-refractivity contribution in [3.63, 3.8) is 0 Å². The molecule has 1 aromatic rings. The van der Waals surface area contributed by atoms with Crippen LogP contribution in [0.3, 0.4) is 0 Å². The first kappa shape index (κ1) is 35.7. The molecule has 2 aliphatic carbocycles. The Balaban J connectivity index is 0.00000201. The molecule has 3 rings (SSSR count). The zero-order chi connectivity index (χ0) is 30.8. The Hall–Kier alpha value is -3.31. The van der Waals surface area contributed by atoms with E-state index < -0.39 is 0 Å². The fraction of sp³-hybridized carbons (Fsp3) is 0.606. The van der Waals surface area contributed by atoms with E-state index in [1.165, 1.54) is 11.1 Å². The lowest BCUT2D eigenvalue weighted by Gasteiger charge is -2.29. The van der Waals surface area contributed by atoms with Gasteiger partial charge in [0, 0.05) is 31.9 Å². The van der Waals surface area contributed by atoms with Crippen molar-refractivity contribution < 1.29 is 4.79 Å². The lowest BCUT2D eigenvalue weighted by molar-refractivity contribution is -0.134. The van der Waals surface area contributed by atoms with Gasteiger partial charge in [0.2, 0.25) is 5.91 Å². The number of hydrogen-bond acceptors (Lipinski definition) is 6. The first-order valence-electron chi connectivity index (χ1n) is 15.3. The van der Waals surface area contributed by atoms with Crippen LogP contribution in [0.25, 0.3) is 5.70 Å². The van der Waals surface area contributed by atoms with Gasteiger partial charge >= 0.3 is 0 Å². The zero-order valence-corrected chi connectivity index (χ0v) is 26.6. The summed E-state index contributed by atoms with van der Waals surface area (Å²) in [6.45, 7) is 21.7. The molecule has 1 fully saturated rings. The number of tetrazole rings is 1. The normalized spacial score (nSPS) is 22.8. The molecule has 8 heteroatoms. The molecule has 0 spiro atoms. The second-order valence-corrected chi connectivity index (χ2v) is 10.2. The van der Waals surface area contributed by atoms with Crippen molar-refractivity contribution in [1.29, 1.82) is 5.26 Å². The smallest absolute Gasteiger partial charge is 0.229 e. The second kappa shape index (κ2) is 19.7. The molecule has 4 atom stereocenters. The van der Waals surface area contributed by atoms with Gasteiger partial charge in [-0.25, -0.2) is 4.68 Å². The maximum atomic E-state index is 13.6. The quantitative estimate of drug-likeness (QED) is 0.268. The molecular weight excluding hydrogens is 510 g/mol. The van der Waals surface area contributed by atoms with Gasteiger partial charge in [-0.1, -0.05) is 70.1 Å². The third-order valence-corrected chi connectivity index (χ3v) is 7.99. The summed E-state index contributed by atoms with van der Waals surface area (Å²) >= 11 is 0. The molecule has 0 aliphatic heterocycles. The summed E-state index contributed by atoms with van der Waals surface area (Å²) in [6, 6.07) is 2.44. The van der Waals surface area contributed by atoms with E-state index in [0.717, 1.165) is 57.4 Å². The number of carbonyl (C=O) groups excluding carboxylic acids is 1. The molecule has 0 radical (unpaired) electrons. The fourth-order valence-corrected chi connectivity index (χ4v) is 5.55. The molecular formula is C33H53N7O. The van der Waals surface area contributed by atoms with Gasteiger partial charge in [-0.05, 0) is 74.4 Å². The average molecular weight is 564 g/mol. The number of nitrogens with zero attached hydrogens (tertiary/aromatic N) is 7. The van der Waals surface area contributed by atoms with E-state index in [9.17, 15) is 10.1 Å². The van der Waals surface area contributed by atoms with Crippen LogP contribution in [0, 0.1) is 35.0 Å². The molecule has 1 amide bonds. The van der Waals surface area contributed by atoms with E-state index in [-0.39, 0.29) is 17.7 Å². The third-order valence-electron chi connectivity index (χ3n) is 7.99. The predicted molar refractivity (Wildman–Crippen MR) is 169 cm³/mol. The Labute approximate surface area is 249 Å².